The third kappa shape index (κ3) is 4.63. The minimum Gasteiger partial charge on any atom is -0.359 e. The Labute approximate surface area is 111 Å². The Hall–Kier alpha value is -0.393. The predicted molar refractivity (Wildman–Crippen MR) is 73.8 cm³/mol. The van der Waals surface area contributed by atoms with Gasteiger partial charge in [0.1, 0.15) is 22.2 Å². The Bertz CT molecular complexity index is 392. The van der Waals surface area contributed by atoms with Gasteiger partial charge in [-0.2, -0.15) is 10.4 Å². The number of rotatable bonds is 5. The first-order valence-electron chi connectivity index (χ1n) is 5.13. The van der Waals surface area contributed by atoms with Gasteiger partial charge in [0.2, 0.25) is 0 Å². The van der Waals surface area contributed by atoms with Crippen LogP contribution in [0.25, 0.3) is 0 Å². The molecule has 0 amide bonds. The fourth-order valence-corrected chi connectivity index (χ4v) is 2.42. The first-order chi connectivity index (χ1) is 7.42. The van der Waals surface area contributed by atoms with E-state index in [2.05, 4.69) is 53.4 Å². The summed E-state index contributed by atoms with van der Waals surface area (Å²) in [6.45, 7) is 8.06. The maximum Gasteiger partial charge on any atom is 0.142 e. The number of halogens is 1. The van der Waals surface area contributed by atoms with Gasteiger partial charge in [0.15, 0.2) is 0 Å². The van der Waals surface area contributed by atoms with Crippen molar-refractivity contribution in [2.24, 2.45) is 0 Å². The molecule has 0 unspecified atom stereocenters. The van der Waals surface area contributed by atoms with Gasteiger partial charge in [-0.15, -0.1) is 0 Å². The summed E-state index contributed by atoms with van der Waals surface area (Å²) in [5.74, 6) is 0. The van der Waals surface area contributed by atoms with Gasteiger partial charge < -0.3 is 4.74 Å². The van der Waals surface area contributed by atoms with Crippen LogP contribution in [0.5, 0.6) is 0 Å². The van der Waals surface area contributed by atoms with E-state index in [1.165, 1.54) is 0 Å². The zero-order chi connectivity index (χ0) is 12.2. The Morgan fingerprint density at radius 1 is 1.56 bits per heavy atom. The van der Waals surface area contributed by atoms with Gasteiger partial charge in [-0.25, -0.2) is 4.68 Å². The molecule has 1 heterocycles. The molecule has 0 fully saturated rings. The molecule has 16 heavy (non-hydrogen) atoms. The van der Waals surface area contributed by atoms with Crippen molar-refractivity contribution in [3.8, 4) is 6.07 Å². The molecule has 6 heteroatoms. The molecule has 0 radical (unpaired) electrons. The van der Waals surface area contributed by atoms with Crippen LogP contribution in [-0.4, -0.2) is 24.5 Å². The molecule has 0 saturated carbocycles. The van der Waals surface area contributed by atoms with Crippen molar-refractivity contribution in [3.63, 3.8) is 0 Å². The van der Waals surface area contributed by atoms with Gasteiger partial charge in [0, 0.05) is 20.7 Å². The molecule has 0 aliphatic carbocycles. The van der Waals surface area contributed by atoms with Gasteiger partial charge in [-0.3, -0.25) is 0 Å². The minimum absolute atomic E-state index is 0.371. The monoisotopic (exact) mass is 349 g/mol. The molecule has 0 bridgehead atoms. The second-order valence-corrected chi connectivity index (χ2v) is 11.5. The van der Waals surface area contributed by atoms with Crippen LogP contribution in [0, 0.1) is 15.0 Å². The number of ether oxygens (including phenoxy) is 1. The van der Waals surface area contributed by atoms with Gasteiger partial charge in [0.05, 0.1) is 0 Å². The first-order valence-corrected chi connectivity index (χ1v) is 9.92. The second kappa shape index (κ2) is 5.79. The van der Waals surface area contributed by atoms with Crippen LogP contribution >= 0.6 is 22.6 Å². The molecule has 88 valence electrons. The molecule has 1 rings (SSSR count). The molecule has 0 N–H and O–H groups in total. The highest BCUT2D eigenvalue weighted by molar-refractivity contribution is 14.1. The van der Waals surface area contributed by atoms with Crippen LogP contribution in [0.2, 0.25) is 25.7 Å². The van der Waals surface area contributed by atoms with Crippen molar-refractivity contribution in [2.75, 3.05) is 6.61 Å². The lowest BCUT2D eigenvalue weighted by Crippen LogP contribution is -2.22. The summed E-state index contributed by atoms with van der Waals surface area (Å²) in [6.07, 6.45) is 0. The SMILES string of the molecule is C[Si](C)(C)CCOCn1nc(I)cc1C#N. The van der Waals surface area contributed by atoms with Crippen molar-refractivity contribution < 1.29 is 4.74 Å². The molecule has 0 saturated heterocycles. The average Bonchev–Trinajstić information content (AvgIpc) is 2.52. The van der Waals surface area contributed by atoms with Crippen LogP contribution in [0.15, 0.2) is 6.07 Å². The zero-order valence-corrected chi connectivity index (χ0v) is 13.0. The summed E-state index contributed by atoms with van der Waals surface area (Å²) in [6, 6.07) is 4.98. The highest BCUT2D eigenvalue weighted by atomic mass is 127. The Kier molecular flexibility index (Phi) is 4.95. The number of hydrogen-bond donors (Lipinski definition) is 0. The lowest BCUT2D eigenvalue weighted by atomic mass is 10.5. The molecular formula is C10H16IN3OSi. The maximum atomic E-state index is 8.85. The Balaban J connectivity index is 2.41. The third-order valence-electron chi connectivity index (χ3n) is 2.07. The predicted octanol–water partition coefficient (Wildman–Crippen LogP) is 2.67. The van der Waals surface area contributed by atoms with Crippen LogP contribution in [0.3, 0.4) is 0 Å². The minimum atomic E-state index is -1.03. The smallest absolute Gasteiger partial charge is 0.142 e. The van der Waals surface area contributed by atoms with E-state index < -0.39 is 8.07 Å². The van der Waals surface area contributed by atoms with E-state index >= 15 is 0 Å². The van der Waals surface area contributed by atoms with Crippen molar-refractivity contribution in [2.45, 2.75) is 32.4 Å². The third-order valence-corrected chi connectivity index (χ3v) is 4.31. The van der Waals surface area contributed by atoms with E-state index in [4.69, 9.17) is 10.00 Å². The topological polar surface area (TPSA) is 50.8 Å². The first kappa shape index (κ1) is 13.7. The molecular weight excluding hydrogens is 333 g/mol. The number of hydrogen-bond acceptors (Lipinski definition) is 3. The van der Waals surface area contributed by atoms with E-state index in [9.17, 15) is 0 Å². The van der Waals surface area contributed by atoms with Gasteiger partial charge in [-0.05, 0) is 28.6 Å². The molecule has 1 aromatic heterocycles. The zero-order valence-electron chi connectivity index (χ0n) is 9.83. The van der Waals surface area contributed by atoms with Crippen LogP contribution in [0.1, 0.15) is 5.69 Å². The number of nitriles is 1. The molecule has 0 atom stereocenters. The highest BCUT2D eigenvalue weighted by Gasteiger charge is 2.12. The summed E-state index contributed by atoms with van der Waals surface area (Å²) in [4.78, 5) is 0. The maximum absolute atomic E-state index is 8.85. The van der Waals surface area contributed by atoms with Crippen LogP contribution in [-0.2, 0) is 11.5 Å². The van der Waals surface area contributed by atoms with Crippen molar-refractivity contribution in [1.29, 1.82) is 5.26 Å². The molecule has 0 aliphatic rings. The lowest BCUT2D eigenvalue weighted by Gasteiger charge is -2.15. The summed E-state index contributed by atoms with van der Waals surface area (Å²) in [5, 5.41) is 13.0. The van der Waals surface area contributed by atoms with Crippen molar-refractivity contribution in [3.05, 3.63) is 15.5 Å². The number of nitrogens with zero attached hydrogens (tertiary/aromatic N) is 3. The van der Waals surface area contributed by atoms with E-state index in [-0.39, 0.29) is 0 Å². The van der Waals surface area contributed by atoms with E-state index in [1.54, 1.807) is 10.7 Å². The van der Waals surface area contributed by atoms with Gasteiger partial charge >= 0.3 is 0 Å². The Morgan fingerprint density at radius 3 is 2.81 bits per heavy atom. The van der Waals surface area contributed by atoms with E-state index in [0.29, 0.717) is 12.4 Å². The molecule has 4 nitrogen and oxygen atoms in total. The summed E-state index contributed by atoms with van der Waals surface area (Å²) in [7, 11) is -1.03. The summed E-state index contributed by atoms with van der Waals surface area (Å²) in [5.41, 5.74) is 0.553. The molecule has 1 aromatic rings. The summed E-state index contributed by atoms with van der Waals surface area (Å²) < 4.78 is 7.96. The van der Waals surface area contributed by atoms with Gasteiger partial charge in [0.25, 0.3) is 0 Å². The second-order valence-electron chi connectivity index (χ2n) is 4.81. The van der Waals surface area contributed by atoms with Crippen molar-refractivity contribution in [1.82, 2.24) is 9.78 Å². The quantitative estimate of drug-likeness (QED) is 0.467. The molecule has 0 aliphatic heterocycles. The van der Waals surface area contributed by atoms with E-state index in [0.717, 1.165) is 16.4 Å². The highest BCUT2D eigenvalue weighted by Crippen LogP contribution is 2.09. The summed E-state index contributed by atoms with van der Waals surface area (Å²) >= 11 is 2.09. The standard InChI is InChI=1S/C10H16IN3OSi/c1-16(2,3)5-4-15-8-14-9(7-12)6-10(11)13-14/h6H,4-5,8H2,1-3H3. The lowest BCUT2D eigenvalue weighted by molar-refractivity contribution is 0.0777. The van der Waals surface area contributed by atoms with Crippen molar-refractivity contribution >= 4 is 30.7 Å². The average molecular weight is 349 g/mol. The Morgan fingerprint density at radius 2 is 2.25 bits per heavy atom. The largest absolute Gasteiger partial charge is 0.359 e. The number of aromatic nitrogens is 2. The normalized spacial score (nSPS) is 11.4. The fraction of sp³-hybridized carbons (Fsp3) is 0.600. The van der Waals surface area contributed by atoms with E-state index in [1.807, 2.05) is 0 Å². The fourth-order valence-electron chi connectivity index (χ4n) is 1.10. The van der Waals surface area contributed by atoms with Gasteiger partial charge in [-0.1, -0.05) is 19.6 Å². The molecule has 0 spiro atoms. The van der Waals surface area contributed by atoms with Crippen LogP contribution in [0.4, 0.5) is 0 Å². The molecule has 0 aromatic carbocycles. The van der Waals surface area contributed by atoms with Crippen LogP contribution < -0.4 is 0 Å².